The average molecular weight is 266 g/mol. The number of nitrogens with zero attached hydrogens (tertiary/aromatic N) is 2. The predicted octanol–water partition coefficient (Wildman–Crippen LogP) is 1.23. The summed E-state index contributed by atoms with van der Waals surface area (Å²) in [6, 6.07) is 15.7. The number of fused-ring (bicyclic) bond motifs is 1. The topological polar surface area (TPSA) is 45.1 Å². The van der Waals surface area contributed by atoms with Gasteiger partial charge in [-0.3, -0.25) is 0 Å². The molecule has 0 unspecified atom stereocenters. The second-order valence-electron chi connectivity index (χ2n) is 4.76. The van der Waals surface area contributed by atoms with Crippen molar-refractivity contribution >= 4 is 18.7 Å². The van der Waals surface area contributed by atoms with Crippen molar-refractivity contribution in [3.8, 4) is 5.75 Å². The van der Waals surface area contributed by atoms with E-state index < -0.39 is 7.05 Å². The van der Waals surface area contributed by atoms with Crippen LogP contribution in [0.5, 0.6) is 5.75 Å². The molecule has 0 aromatic heterocycles. The summed E-state index contributed by atoms with van der Waals surface area (Å²) in [7, 11) is 1.01. The van der Waals surface area contributed by atoms with Crippen LogP contribution in [0.2, 0.25) is 0 Å². The molecule has 0 bridgehead atoms. The van der Waals surface area contributed by atoms with Crippen molar-refractivity contribution in [2.75, 3.05) is 7.05 Å². The lowest BCUT2D eigenvalue weighted by Gasteiger charge is -2.23. The van der Waals surface area contributed by atoms with Crippen LogP contribution in [0.3, 0.4) is 0 Å². The second-order valence-corrected chi connectivity index (χ2v) is 4.76. The van der Waals surface area contributed by atoms with Crippen molar-refractivity contribution in [2.24, 2.45) is 5.10 Å². The Kier molecular flexibility index (Phi) is 3.43. The third-order valence-corrected chi connectivity index (χ3v) is 3.32. The first-order valence-corrected chi connectivity index (χ1v) is 6.49. The Morgan fingerprint density at radius 2 is 2.00 bits per heavy atom. The van der Waals surface area contributed by atoms with Gasteiger partial charge in [0.2, 0.25) is 0 Å². The first-order chi connectivity index (χ1) is 9.74. The van der Waals surface area contributed by atoms with Crippen LogP contribution in [-0.2, 0) is 6.61 Å². The first kappa shape index (κ1) is 12.8. The van der Waals surface area contributed by atoms with Gasteiger partial charge in [0.25, 0.3) is 0 Å². The normalized spacial score (nSPS) is 13.3. The van der Waals surface area contributed by atoms with Crippen molar-refractivity contribution in [2.45, 2.75) is 6.61 Å². The summed E-state index contributed by atoms with van der Waals surface area (Å²) < 4.78 is 5.77. The SMILES string of the molecule is CN1N=Cc2ccc(OCc3ccccc3)cc2B1O. The lowest BCUT2D eigenvalue weighted by atomic mass is 9.70. The molecule has 0 spiro atoms. The molecule has 20 heavy (non-hydrogen) atoms. The van der Waals surface area contributed by atoms with Gasteiger partial charge >= 0.3 is 7.05 Å². The van der Waals surface area contributed by atoms with Crippen LogP contribution in [-0.4, -0.2) is 30.3 Å². The maximum Gasteiger partial charge on any atom is 0.466 e. The Bertz CT molecular complexity index is 631. The summed E-state index contributed by atoms with van der Waals surface area (Å²) in [5, 5.41) is 14.2. The van der Waals surface area contributed by atoms with Gasteiger partial charge < -0.3 is 14.7 Å². The molecule has 2 aromatic rings. The molecule has 0 aliphatic carbocycles. The fourth-order valence-corrected chi connectivity index (χ4v) is 2.14. The highest BCUT2D eigenvalue weighted by atomic mass is 16.5. The van der Waals surface area contributed by atoms with Crippen LogP contribution in [0.15, 0.2) is 53.6 Å². The van der Waals surface area contributed by atoms with E-state index in [2.05, 4.69) is 5.10 Å². The summed E-state index contributed by atoms with van der Waals surface area (Å²) in [4.78, 5) is 1.52. The van der Waals surface area contributed by atoms with Crippen LogP contribution in [0.25, 0.3) is 0 Å². The summed E-state index contributed by atoms with van der Waals surface area (Å²) >= 11 is 0. The summed E-state index contributed by atoms with van der Waals surface area (Å²) in [5.41, 5.74) is 2.85. The van der Waals surface area contributed by atoms with Crippen LogP contribution in [0, 0.1) is 0 Å². The maximum atomic E-state index is 10.1. The van der Waals surface area contributed by atoms with Crippen LogP contribution >= 0.6 is 0 Å². The van der Waals surface area contributed by atoms with Crippen molar-refractivity contribution in [1.82, 2.24) is 4.92 Å². The Morgan fingerprint density at radius 1 is 1.20 bits per heavy atom. The van der Waals surface area contributed by atoms with Crippen molar-refractivity contribution in [3.63, 3.8) is 0 Å². The van der Waals surface area contributed by atoms with E-state index in [-0.39, 0.29) is 0 Å². The van der Waals surface area contributed by atoms with E-state index in [9.17, 15) is 5.02 Å². The fraction of sp³-hybridized carbons (Fsp3) is 0.133. The minimum Gasteiger partial charge on any atom is -0.489 e. The van der Waals surface area contributed by atoms with Gasteiger partial charge in [-0.05, 0) is 28.7 Å². The smallest absolute Gasteiger partial charge is 0.466 e. The molecule has 0 radical (unpaired) electrons. The highest BCUT2D eigenvalue weighted by Crippen LogP contribution is 2.15. The molecule has 0 amide bonds. The second kappa shape index (κ2) is 5.39. The van der Waals surface area contributed by atoms with Gasteiger partial charge in [0.05, 0.1) is 6.21 Å². The lowest BCUT2D eigenvalue weighted by Crippen LogP contribution is -2.47. The zero-order valence-corrected chi connectivity index (χ0v) is 11.2. The van der Waals surface area contributed by atoms with E-state index in [1.165, 1.54) is 4.92 Å². The first-order valence-electron chi connectivity index (χ1n) is 6.49. The quantitative estimate of drug-likeness (QED) is 0.850. The fourth-order valence-electron chi connectivity index (χ4n) is 2.14. The van der Waals surface area contributed by atoms with Gasteiger partial charge in [0.15, 0.2) is 0 Å². The minimum absolute atomic E-state index is 0.514. The van der Waals surface area contributed by atoms with Gasteiger partial charge in [0.1, 0.15) is 12.4 Å². The van der Waals surface area contributed by atoms with Gasteiger partial charge in [-0.25, -0.2) is 0 Å². The molecule has 5 heteroatoms. The standard InChI is InChI=1S/C15H15BN2O2/c1-18-16(19)15-9-14(8-7-13(15)10-17-18)20-11-12-5-3-2-4-6-12/h2-10,19H,11H2,1H3. The van der Waals surface area contributed by atoms with E-state index >= 15 is 0 Å². The van der Waals surface area contributed by atoms with Crippen LogP contribution in [0.1, 0.15) is 11.1 Å². The van der Waals surface area contributed by atoms with Gasteiger partial charge in [-0.1, -0.05) is 36.4 Å². The zero-order chi connectivity index (χ0) is 13.9. The highest BCUT2D eigenvalue weighted by molar-refractivity contribution is 6.65. The molecule has 0 atom stereocenters. The minimum atomic E-state index is -0.727. The monoisotopic (exact) mass is 266 g/mol. The zero-order valence-electron chi connectivity index (χ0n) is 11.2. The summed E-state index contributed by atoms with van der Waals surface area (Å²) in [6.45, 7) is 0.514. The molecule has 100 valence electrons. The van der Waals surface area contributed by atoms with Crippen molar-refractivity contribution < 1.29 is 9.76 Å². The van der Waals surface area contributed by atoms with Gasteiger partial charge in [-0.2, -0.15) is 5.10 Å². The Morgan fingerprint density at radius 3 is 2.80 bits per heavy atom. The summed E-state index contributed by atoms with van der Waals surface area (Å²) in [5.74, 6) is 0.746. The van der Waals surface area contributed by atoms with E-state index in [1.807, 2.05) is 48.5 Å². The molecule has 3 rings (SSSR count). The Labute approximate surface area is 118 Å². The average Bonchev–Trinajstić information content (AvgIpc) is 2.50. The number of hydrogen-bond donors (Lipinski definition) is 1. The van der Waals surface area contributed by atoms with E-state index in [0.29, 0.717) is 6.61 Å². The third kappa shape index (κ3) is 2.53. The molecule has 1 heterocycles. The number of rotatable bonds is 3. The van der Waals surface area contributed by atoms with Crippen molar-refractivity contribution in [1.29, 1.82) is 0 Å². The van der Waals surface area contributed by atoms with E-state index in [0.717, 1.165) is 22.3 Å². The Balaban J connectivity index is 1.77. The van der Waals surface area contributed by atoms with E-state index in [1.54, 1.807) is 13.3 Å². The highest BCUT2D eigenvalue weighted by Gasteiger charge is 2.26. The van der Waals surface area contributed by atoms with Crippen LogP contribution < -0.4 is 10.2 Å². The number of hydrogen-bond acceptors (Lipinski definition) is 4. The van der Waals surface area contributed by atoms with Gasteiger partial charge in [-0.15, -0.1) is 0 Å². The number of ether oxygens (including phenoxy) is 1. The number of benzene rings is 2. The molecule has 1 aliphatic rings. The van der Waals surface area contributed by atoms with Gasteiger partial charge in [0, 0.05) is 7.05 Å². The van der Waals surface area contributed by atoms with Crippen molar-refractivity contribution in [3.05, 3.63) is 59.7 Å². The molecule has 0 fully saturated rings. The molecule has 1 N–H and O–H groups in total. The van der Waals surface area contributed by atoms with E-state index in [4.69, 9.17) is 4.74 Å². The maximum absolute atomic E-state index is 10.1. The molecule has 2 aromatic carbocycles. The Hall–Kier alpha value is -2.27. The molecule has 0 saturated heterocycles. The van der Waals surface area contributed by atoms with Crippen LogP contribution in [0.4, 0.5) is 0 Å². The molecule has 0 saturated carbocycles. The molecular weight excluding hydrogens is 251 g/mol. The molecule has 1 aliphatic heterocycles. The largest absolute Gasteiger partial charge is 0.489 e. The lowest BCUT2D eigenvalue weighted by molar-refractivity contribution is 0.306. The third-order valence-electron chi connectivity index (χ3n) is 3.32. The summed E-state index contributed by atoms with van der Waals surface area (Å²) in [6.07, 6.45) is 1.74. The predicted molar refractivity (Wildman–Crippen MR) is 80.2 cm³/mol. The molecular formula is C15H15BN2O2. The molecule has 4 nitrogen and oxygen atoms in total. The number of hydrazone groups is 1.